The Morgan fingerprint density at radius 3 is 2.67 bits per heavy atom. The monoisotopic (exact) mass is 249 g/mol. The number of ether oxygens (including phenoxy) is 1. The zero-order valence-electron chi connectivity index (χ0n) is 10.6. The van der Waals surface area contributed by atoms with Crippen LogP contribution in [-0.2, 0) is 4.74 Å². The Kier molecular flexibility index (Phi) is 3.75. The Balaban J connectivity index is 2.01. The van der Waals surface area contributed by atoms with E-state index in [0.717, 1.165) is 25.7 Å². The number of rotatable bonds is 2. The van der Waals surface area contributed by atoms with Crippen molar-refractivity contribution in [3.8, 4) is 5.75 Å². The molecule has 0 amide bonds. The van der Waals surface area contributed by atoms with Crippen molar-refractivity contribution in [1.29, 1.82) is 0 Å². The van der Waals surface area contributed by atoms with Crippen molar-refractivity contribution in [3.63, 3.8) is 0 Å². The lowest BCUT2D eigenvalue weighted by Crippen LogP contribution is -2.23. The third-order valence-electron chi connectivity index (χ3n) is 3.52. The van der Waals surface area contributed by atoms with Crippen LogP contribution in [-0.4, -0.2) is 17.2 Å². The van der Waals surface area contributed by atoms with Gasteiger partial charge in [0.05, 0.1) is 5.69 Å². The summed E-state index contributed by atoms with van der Waals surface area (Å²) >= 11 is 0. The predicted octanol–water partition coefficient (Wildman–Crippen LogP) is 2.71. The Labute approximate surface area is 107 Å². The maximum Gasteiger partial charge on any atom is 0.342 e. The second-order valence-corrected chi connectivity index (χ2v) is 5.03. The van der Waals surface area contributed by atoms with Crippen LogP contribution in [0.3, 0.4) is 0 Å². The summed E-state index contributed by atoms with van der Waals surface area (Å²) in [6.45, 7) is 2.21. The second-order valence-electron chi connectivity index (χ2n) is 5.03. The van der Waals surface area contributed by atoms with Gasteiger partial charge in [0.15, 0.2) is 5.75 Å². The van der Waals surface area contributed by atoms with E-state index in [0.29, 0.717) is 5.92 Å². The van der Waals surface area contributed by atoms with Gasteiger partial charge in [-0.1, -0.05) is 13.0 Å². The Morgan fingerprint density at radius 2 is 2.00 bits per heavy atom. The molecule has 0 bridgehead atoms. The van der Waals surface area contributed by atoms with Crippen molar-refractivity contribution < 1.29 is 14.6 Å². The van der Waals surface area contributed by atoms with Crippen LogP contribution in [0.1, 0.15) is 43.0 Å². The quantitative estimate of drug-likeness (QED) is 0.480. The Hall–Kier alpha value is -1.71. The molecule has 0 aliphatic heterocycles. The van der Waals surface area contributed by atoms with Gasteiger partial charge in [-0.05, 0) is 43.7 Å². The molecule has 98 valence electrons. The van der Waals surface area contributed by atoms with E-state index in [1.54, 1.807) is 12.1 Å². The molecular formula is C14H19NO3. The highest BCUT2D eigenvalue weighted by Crippen LogP contribution is 2.29. The number of anilines is 1. The molecule has 1 fully saturated rings. The lowest BCUT2D eigenvalue weighted by Gasteiger charge is -2.26. The number of nitrogens with two attached hydrogens (primary N) is 1. The number of nitrogen functional groups attached to an aromatic ring is 1. The van der Waals surface area contributed by atoms with Gasteiger partial charge >= 0.3 is 5.97 Å². The van der Waals surface area contributed by atoms with Gasteiger partial charge in [-0.15, -0.1) is 0 Å². The summed E-state index contributed by atoms with van der Waals surface area (Å²) in [5.41, 5.74) is 5.89. The van der Waals surface area contributed by atoms with Gasteiger partial charge in [-0.25, -0.2) is 4.79 Å². The number of hydrogen-bond donors (Lipinski definition) is 2. The van der Waals surface area contributed by atoms with Crippen molar-refractivity contribution in [3.05, 3.63) is 23.8 Å². The van der Waals surface area contributed by atoms with Crippen LogP contribution < -0.4 is 5.73 Å². The highest BCUT2D eigenvalue weighted by Gasteiger charge is 2.23. The van der Waals surface area contributed by atoms with E-state index in [1.165, 1.54) is 6.07 Å². The molecule has 0 unspecified atom stereocenters. The second kappa shape index (κ2) is 5.29. The average Bonchev–Trinajstić information content (AvgIpc) is 2.35. The number of para-hydroxylation sites is 1. The first-order valence-corrected chi connectivity index (χ1v) is 6.36. The molecule has 4 nitrogen and oxygen atoms in total. The first-order valence-electron chi connectivity index (χ1n) is 6.36. The minimum Gasteiger partial charge on any atom is -0.505 e. The van der Waals surface area contributed by atoms with Gasteiger partial charge in [0.1, 0.15) is 11.7 Å². The first-order chi connectivity index (χ1) is 8.58. The average molecular weight is 249 g/mol. The SMILES string of the molecule is CC1CCC(OC(=O)c2cccc(N)c2O)CC1. The standard InChI is InChI=1S/C14H19NO3/c1-9-5-7-10(8-6-9)18-14(17)11-3-2-4-12(15)13(11)16/h2-4,9-10,16H,5-8,15H2,1H3. The summed E-state index contributed by atoms with van der Waals surface area (Å²) in [7, 11) is 0. The summed E-state index contributed by atoms with van der Waals surface area (Å²) in [4.78, 5) is 11.9. The zero-order chi connectivity index (χ0) is 13.1. The van der Waals surface area contributed by atoms with E-state index >= 15 is 0 Å². The Morgan fingerprint density at radius 1 is 1.33 bits per heavy atom. The van der Waals surface area contributed by atoms with Crippen LogP contribution in [0.25, 0.3) is 0 Å². The number of aromatic hydroxyl groups is 1. The molecule has 0 saturated heterocycles. The van der Waals surface area contributed by atoms with E-state index < -0.39 is 5.97 Å². The normalized spacial score (nSPS) is 23.6. The van der Waals surface area contributed by atoms with Gasteiger partial charge in [0.2, 0.25) is 0 Å². The smallest absolute Gasteiger partial charge is 0.342 e. The van der Waals surface area contributed by atoms with E-state index in [2.05, 4.69) is 6.92 Å². The third kappa shape index (κ3) is 2.75. The fourth-order valence-corrected chi connectivity index (χ4v) is 2.29. The van der Waals surface area contributed by atoms with E-state index in [4.69, 9.17) is 10.5 Å². The first kappa shape index (κ1) is 12.7. The fraction of sp³-hybridized carbons (Fsp3) is 0.500. The number of benzene rings is 1. The van der Waals surface area contributed by atoms with Crippen LogP contribution in [0.15, 0.2) is 18.2 Å². The van der Waals surface area contributed by atoms with Crippen LogP contribution in [0.2, 0.25) is 0 Å². The molecule has 1 aliphatic rings. The van der Waals surface area contributed by atoms with E-state index in [9.17, 15) is 9.90 Å². The number of carbonyl (C=O) groups excluding carboxylic acids is 1. The van der Waals surface area contributed by atoms with Crippen molar-refractivity contribution >= 4 is 11.7 Å². The summed E-state index contributed by atoms with van der Waals surface area (Å²) in [5, 5.41) is 9.71. The largest absolute Gasteiger partial charge is 0.505 e. The van der Waals surface area contributed by atoms with Crippen LogP contribution in [0.5, 0.6) is 5.75 Å². The molecule has 0 atom stereocenters. The minimum atomic E-state index is -0.487. The van der Waals surface area contributed by atoms with E-state index in [-0.39, 0.29) is 23.1 Å². The molecule has 4 heteroatoms. The number of hydrogen-bond acceptors (Lipinski definition) is 4. The maximum atomic E-state index is 11.9. The number of phenolic OH excluding ortho intramolecular Hbond substituents is 1. The summed E-state index contributed by atoms with van der Waals surface area (Å²) < 4.78 is 5.41. The van der Waals surface area contributed by atoms with Crippen LogP contribution in [0.4, 0.5) is 5.69 Å². The maximum absolute atomic E-state index is 11.9. The fourth-order valence-electron chi connectivity index (χ4n) is 2.29. The molecule has 0 aromatic heterocycles. The Bertz CT molecular complexity index is 437. The molecular weight excluding hydrogens is 230 g/mol. The zero-order valence-corrected chi connectivity index (χ0v) is 10.6. The van der Waals surface area contributed by atoms with Gasteiger partial charge in [-0.2, -0.15) is 0 Å². The van der Waals surface area contributed by atoms with Crippen LogP contribution in [0, 0.1) is 5.92 Å². The molecule has 1 aromatic rings. The topological polar surface area (TPSA) is 72.5 Å². The van der Waals surface area contributed by atoms with Crippen LogP contribution >= 0.6 is 0 Å². The lowest BCUT2D eigenvalue weighted by atomic mass is 9.89. The van der Waals surface area contributed by atoms with Crippen molar-refractivity contribution in [1.82, 2.24) is 0 Å². The molecule has 1 saturated carbocycles. The summed E-state index contributed by atoms with van der Waals surface area (Å²) in [6.07, 6.45) is 3.93. The molecule has 1 aromatic carbocycles. The number of phenols is 1. The van der Waals surface area contributed by atoms with Crippen molar-refractivity contribution in [2.75, 3.05) is 5.73 Å². The summed E-state index contributed by atoms with van der Waals surface area (Å²) in [6, 6.07) is 4.71. The number of esters is 1. The molecule has 0 spiro atoms. The lowest BCUT2D eigenvalue weighted by molar-refractivity contribution is 0.0171. The van der Waals surface area contributed by atoms with Crippen molar-refractivity contribution in [2.24, 2.45) is 5.92 Å². The van der Waals surface area contributed by atoms with Crippen molar-refractivity contribution in [2.45, 2.75) is 38.7 Å². The van der Waals surface area contributed by atoms with E-state index in [1.807, 2.05) is 0 Å². The van der Waals surface area contributed by atoms with Gasteiger partial charge in [-0.3, -0.25) is 0 Å². The molecule has 0 radical (unpaired) electrons. The highest BCUT2D eigenvalue weighted by molar-refractivity contribution is 5.94. The molecule has 18 heavy (non-hydrogen) atoms. The molecule has 0 heterocycles. The number of carbonyl (C=O) groups is 1. The summed E-state index contributed by atoms with van der Waals surface area (Å²) in [5.74, 6) is 0.0340. The third-order valence-corrected chi connectivity index (χ3v) is 3.52. The van der Waals surface area contributed by atoms with Gasteiger partial charge in [0, 0.05) is 0 Å². The highest BCUT2D eigenvalue weighted by atomic mass is 16.5. The molecule has 2 rings (SSSR count). The molecule has 1 aliphatic carbocycles. The molecule has 3 N–H and O–H groups in total. The minimum absolute atomic E-state index is 0.0328. The predicted molar refractivity (Wildman–Crippen MR) is 69.4 cm³/mol. The van der Waals surface area contributed by atoms with Gasteiger partial charge in [0.25, 0.3) is 0 Å². The van der Waals surface area contributed by atoms with Gasteiger partial charge < -0.3 is 15.6 Å².